The number of pyridine rings is 1. The largest absolute Gasteiger partial charge is 0.481 e. The van der Waals surface area contributed by atoms with Gasteiger partial charge in [0.15, 0.2) is 11.6 Å². The van der Waals surface area contributed by atoms with Crippen molar-refractivity contribution in [2.45, 2.75) is 38.1 Å². The molecule has 132 valence electrons. The molecule has 6 heteroatoms. The summed E-state index contributed by atoms with van der Waals surface area (Å²) in [6, 6.07) is 5.50. The number of benzene rings is 1. The van der Waals surface area contributed by atoms with Gasteiger partial charge in [-0.2, -0.15) is 0 Å². The van der Waals surface area contributed by atoms with Crippen molar-refractivity contribution in [3.8, 4) is 5.88 Å². The maximum atomic E-state index is 13.3. The molecule has 1 saturated carbocycles. The zero-order chi connectivity index (χ0) is 18.0. The van der Waals surface area contributed by atoms with Crippen molar-refractivity contribution in [3.05, 3.63) is 58.8 Å². The van der Waals surface area contributed by atoms with Crippen molar-refractivity contribution in [3.63, 3.8) is 0 Å². The second kappa shape index (κ2) is 7.17. The fraction of sp³-hybridized carbons (Fsp3) is 0.368. The first-order valence-electron chi connectivity index (χ1n) is 8.25. The number of hydrogen-bond acceptors (Lipinski definition) is 3. The fourth-order valence-corrected chi connectivity index (χ4v) is 2.74. The molecule has 1 unspecified atom stereocenters. The quantitative estimate of drug-likeness (QED) is 0.868. The first-order chi connectivity index (χ1) is 12.0. The lowest BCUT2D eigenvalue weighted by Gasteiger charge is -2.14. The van der Waals surface area contributed by atoms with Crippen LogP contribution in [0.5, 0.6) is 5.88 Å². The van der Waals surface area contributed by atoms with Gasteiger partial charge in [-0.1, -0.05) is 6.07 Å². The third kappa shape index (κ3) is 3.95. The Morgan fingerprint density at radius 2 is 2.08 bits per heavy atom. The van der Waals surface area contributed by atoms with Gasteiger partial charge in [-0.3, -0.25) is 4.79 Å². The van der Waals surface area contributed by atoms with Gasteiger partial charge < -0.3 is 10.1 Å². The molecule has 1 N–H and O–H groups in total. The summed E-state index contributed by atoms with van der Waals surface area (Å²) < 4.78 is 31.6. The number of carbonyl (C=O) groups excluding carboxylic acids is 1. The Balaban J connectivity index is 1.68. The molecule has 1 heterocycles. The minimum atomic E-state index is -0.958. The van der Waals surface area contributed by atoms with E-state index in [2.05, 4.69) is 10.3 Å². The molecule has 1 amide bonds. The van der Waals surface area contributed by atoms with E-state index in [4.69, 9.17) is 4.74 Å². The van der Waals surface area contributed by atoms with Crippen molar-refractivity contribution in [1.29, 1.82) is 0 Å². The topological polar surface area (TPSA) is 51.2 Å². The third-order valence-corrected chi connectivity index (χ3v) is 4.48. The summed E-state index contributed by atoms with van der Waals surface area (Å²) in [4.78, 5) is 16.7. The highest BCUT2D eigenvalue weighted by molar-refractivity contribution is 5.83. The maximum Gasteiger partial charge on any atom is 0.227 e. The fourth-order valence-electron chi connectivity index (χ4n) is 2.74. The Labute approximate surface area is 145 Å². The zero-order valence-corrected chi connectivity index (χ0v) is 14.2. The number of nitrogens with zero attached hydrogens (tertiary/aromatic N) is 1. The Morgan fingerprint density at radius 3 is 2.72 bits per heavy atom. The van der Waals surface area contributed by atoms with E-state index in [1.165, 1.54) is 13.2 Å². The van der Waals surface area contributed by atoms with Crippen LogP contribution in [0.4, 0.5) is 8.78 Å². The molecule has 1 atom stereocenters. The van der Waals surface area contributed by atoms with Crippen LogP contribution in [0.3, 0.4) is 0 Å². The van der Waals surface area contributed by atoms with Crippen LogP contribution >= 0.6 is 0 Å². The average Bonchev–Trinajstić information content (AvgIpc) is 3.46. The van der Waals surface area contributed by atoms with E-state index in [1.807, 2.05) is 12.3 Å². The van der Waals surface area contributed by atoms with E-state index >= 15 is 0 Å². The maximum absolute atomic E-state index is 13.3. The number of ether oxygens (including phenoxy) is 1. The van der Waals surface area contributed by atoms with E-state index in [0.717, 1.165) is 36.1 Å². The molecule has 1 aromatic heterocycles. The predicted octanol–water partition coefficient (Wildman–Crippen LogP) is 3.67. The second-order valence-corrected chi connectivity index (χ2v) is 6.32. The first-order valence-corrected chi connectivity index (χ1v) is 8.25. The number of carbonyl (C=O) groups is 1. The van der Waals surface area contributed by atoms with E-state index in [-0.39, 0.29) is 12.5 Å². The van der Waals surface area contributed by atoms with E-state index in [9.17, 15) is 13.6 Å². The Morgan fingerprint density at radius 1 is 1.32 bits per heavy atom. The molecule has 4 nitrogen and oxygen atoms in total. The lowest BCUT2D eigenvalue weighted by atomic mass is 10.00. The number of nitrogens with one attached hydrogen (secondary N) is 1. The van der Waals surface area contributed by atoms with Gasteiger partial charge in [-0.15, -0.1) is 0 Å². The molecular formula is C19H20F2N2O2. The molecule has 3 rings (SSSR count). The van der Waals surface area contributed by atoms with Gasteiger partial charge in [0.1, 0.15) is 0 Å². The van der Waals surface area contributed by atoms with Crippen LogP contribution in [0.15, 0.2) is 30.5 Å². The van der Waals surface area contributed by atoms with Gasteiger partial charge in [-0.05, 0) is 55.0 Å². The number of aromatic nitrogens is 1. The van der Waals surface area contributed by atoms with Crippen molar-refractivity contribution in [1.82, 2.24) is 10.3 Å². The SMILES string of the molecule is COc1ncc(C2CC2)cc1CNC(=O)C(C)c1ccc(F)c(F)c1. The zero-order valence-electron chi connectivity index (χ0n) is 14.2. The van der Waals surface area contributed by atoms with Crippen molar-refractivity contribution < 1.29 is 18.3 Å². The first kappa shape index (κ1) is 17.3. The number of amides is 1. The Hall–Kier alpha value is -2.50. The number of rotatable bonds is 6. The van der Waals surface area contributed by atoms with E-state index < -0.39 is 17.6 Å². The molecule has 0 aliphatic heterocycles. The average molecular weight is 346 g/mol. The summed E-state index contributed by atoms with van der Waals surface area (Å²) >= 11 is 0. The van der Waals surface area contributed by atoms with Crippen LogP contribution in [0.1, 0.15) is 48.3 Å². The monoisotopic (exact) mass is 346 g/mol. The minimum Gasteiger partial charge on any atom is -0.481 e. The smallest absolute Gasteiger partial charge is 0.227 e. The predicted molar refractivity (Wildman–Crippen MR) is 89.4 cm³/mol. The van der Waals surface area contributed by atoms with Crippen LogP contribution in [-0.2, 0) is 11.3 Å². The van der Waals surface area contributed by atoms with Crippen molar-refractivity contribution >= 4 is 5.91 Å². The Bertz CT molecular complexity index is 791. The van der Waals surface area contributed by atoms with Crippen molar-refractivity contribution in [2.75, 3.05) is 7.11 Å². The minimum absolute atomic E-state index is 0.267. The highest BCUT2D eigenvalue weighted by Crippen LogP contribution is 2.40. The normalized spacial score (nSPS) is 14.9. The highest BCUT2D eigenvalue weighted by Gasteiger charge is 2.25. The molecule has 1 aromatic carbocycles. The van der Waals surface area contributed by atoms with Gasteiger partial charge in [-0.25, -0.2) is 13.8 Å². The summed E-state index contributed by atoms with van der Waals surface area (Å²) in [7, 11) is 1.54. The Kier molecular flexibility index (Phi) is 4.97. The summed E-state index contributed by atoms with van der Waals surface area (Å²) in [6.07, 6.45) is 4.13. The van der Waals surface area contributed by atoms with E-state index in [1.54, 1.807) is 6.92 Å². The molecule has 2 aromatic rings. The molecule has 0 saturated heterocycles. The summed E-state index contributed by atoms with van der Waals surface area (Å²) in [5.41, 5.74) is 2.38. The van der Waals surface area contributed by atoms with Gasteiger partial charge in [0, 0.05) is 18.3 Å². The number of halogens is 2. The van der Waals surface area contributed by atoms with Gasteiger partial charge in [0.25, 0.3) is 0 Å². The van der Waals surface area contributed by atoms with E-state index in [0.29, 0.717) is 17.4 Å². The molecule has 0 bridgehead atoms. The third-order valence-electron chi connectivity index (χ3n) is 4.48. The molecule has 0 radical (unpaired) electrons. The molecule has 0 spiro atoms. The molecule has 25 heavy (non-hydrogen) atoms. The van der Waals surface area contributed by atoms with Gasteiger partial charge in [0.2, 0.25) is 11.8 Å². The summed E-state index contributed by atoms with van der Waals surface area (Å²) in [6.45, 7) is 1.92. The lowest BCUT2D eigenvalue weighted by molar-refractivity contribution is -0.122. The number of hydrogen-bond donors (Lipinski definition) is 1. The van der Waals surface area contributed by atoms with Crippen LogP contribution in [0, 0.1) is 11.6 Å². The second-order valence-electron chi connectivity index (χ2n) is 6.32. The lowest BCUT2D eigenvalue weighted by Crippen LogP contribution is -2.28. The molecule has 1 aliphatic rings. The molecular weight excluding hydrogens is 326 g/mol. The van der Waals surface area contributed by atoms with Crippen LogP contribution in [-0.4, -0.2) is 18.0 Å². The van der Waals surface area contributed by atoms with Gasteiger partial charge in [0.05, 0.1) is 13.0 Å². The number of methoxy groups -OCH3 is 1. The van der Waals surface area contributed by atoms with Crippen LogP contribution in [0.2, 0.25) is 0 Å². The summed E-state index contributed by atoms with van der Waals surface area (Å²) in [5, 5.41) is 2.82. The molecule has 1 aliphatic carbocycles. The van der Waals surface area contributed by atoms with Crippen LogP contribution in [0.25, 0.3) is 0 Å². The standard InChI is InChI=1S/C19H20F2N2O2/c1-11(13-5-6-16(20)17(21)8-13)18(24)22-10-15-7-14(12-3-4-12)9-23-19(15)25-2/h5-9,11-12H,3-4,10H2,1-2H3,(H,22,24). The van der Waals surface area contributed by atoms with Gasteiger partial charge >= 0.3 is 0 Å². The molecule has 1 fully saturated rings. The van der Waals surface area contributed by atoms with Crippen LogP contribution < -0.4 is 10.1 Å². The van der Waals surface area contributed by atoms with Crippen molar-refractivity contribution in [2.24, 2.45) is 0 Å². The highest BCUT2D eigenvalue weighted by atomic mass is 19.2. The summed E-state index contributed by atoms with van der Waals surface area (Å²) in [5.74, 6) is -1.73.